The number of hydrogen-bond acceptors (Lipinski definition) is 3. The zero-order valence-corrected chi connectivity index (χ0v) is 13.9. The molecule has 0 spiro atoms. The quantitative estimate of drug-likeness (QED) is 0.722. The molecule has 1 fully saturated rings. The second-order valence-electron chi connectivity index (χ2n) is 5.50. The van der Waals surface area contributed by atoms with Crippen molar-refractivity contribution in [3.63, 3.8) is 0 Å². The molecule has 0 bridgehead atoms. The highest BCUT2D eigenvalue weighted by Crippen LogP contribution is 2.26. The lowest BCUT2D eigenvalue weighted by molar-refractivity contribution is 0.217. The monoisotopic (exact) mass is 325 g/mol. The van der Waals surface area contributed by atoms with Gasteiger partial charge in [0.1, 0.15) is 5.75 Å². The molecular formula is C16H24ClN3O2. The zero-order valence-electron chi connectivity index (χ0n) is 13.2. The number of carbonyl (C=O) groups is 1. The van der Waals surface area contributed by atoms with Gasteiger partial charge >= 0.3 is 6.03 Å². The van der Waals surface area contributed by atoms with Crippen LogP contribution in [0.25, 0.3) is 0 Å². The fraction of sp³-hybridized carbons (Fsp3) is 0.562. The molecule has 2 N–H and O–H groups in total. The molecule has 6 heteroatoms. The summed E-state index contributed by atoms with van der Waals surface area (Å²) >= 11 is 6.25. The molecule has 22 heavy (non-hydrogen) atoms. The molecule has 1 aromatic rings. The minimum Gasteiger partial charge on any atom is -0.489 e. The smallest absolute Gasteiger partial charge is 0.317 e. The van der Waals surface area contributed by atoms with Gasteiger partial charge in [-0.25, -0.2) is 4.79 Å². The molecule has 122 valence electrons. The summed E-state index contributed by atoms with van der Waals surface area (Å²) in [6.45, 7) is 7.83. The number of nitrogens with one attached hydrogen (secondary N) is 2. The predicted octanol–water partition coefficient (Wildman–Crippen LogP) is 2.63. The summed E-state index contributed by atoms with van der Waals surface area (Å²) < 4.78 is 5.75. The molecule has 0 saturated carbocycles. The average Bonchev–Trinajstić information content (AvgIpc) is 2.91. The lowest BCUT2D eigenvalue weighted by atomic mass is 10.2. The number of benzene rings is 1. The summed E-state index contributed by atoms with van der Waals surface area (Å²) in [7, 11) is 0. The maximum atomic E-state index is 11.4. The Morgan fingerprint density at radius 3 is 2.95 bits per heavy atom. The molecule has 1 heterocycles. The van der Waals surface area contributed by atoms with E-state index in [2.05, 4.69) is 17.6 Å². The van der Waals surface area contributed by atoms with Gasteiger partial charge in [-0.2, -0.15) is 0 Å². The number of rotatable bonds is 8. The molecule has 1 saturated heterocycles. The highest BCUT2D eigenvalue weighted by atomic mass is 35.5. The number of halogens is 1. The number of hydrogen-bond donors (Lipinski definition) is 2. The van der Waals surface area contributed by atoms with Crippen molar-refractivity contribution in [1.82, 2.24) is 15.5 Å². The molecule has 0 aliphatic carbocycles. The van der Waals surface area contributed by atoms with Gasteiger partial charge in [0.15, 0.2) is 0 Å². The Kier molecular flexibility index (Phi) is 6.34. The Morgan fingerprint density at radius 1 is 1.50 bits per heavy atom. The largest absolute Gasteiger partial charge is 0.489 e. The number of amides is 2. The van der Waals surface area contributed by atoms with Crippen LogP contribution in [0.15, 0.2) is 18.2 Å². The summed E-state index contributed by atoms with van der Waals surface area (Å²) in [5.41, 5.74) is 1.10. The van der Waals surface area contributed by atoms with Crippen molar-refractivity contribution in [3.05, 3.63) is 28.8 Å². The number of ether oxygens (including phenoxy) is 1. The Morgan fingerprint density at radius 2 is 2.32 bits per heavy atom. The van der Waals surface area contributed by atoms with Gasteiger partial charge in [0.2, 0.25) is 0 Å². The van der Waals surface area contributed by atoms with Crippen LogP contribution in [-0.4, -0.2) is 43.2 Å². The van der Waals surface area contributed by atoms with Crippen LogP contribution in [0.3, 0.4) is 0 Å². The molecule has 1 aliphatic heterocycles. The van der Waals surface area contributed by atoms with Crippen LogP contribution < -0.4 is 15.4 Å². The van der Waals surface area contributed by atoms with Crippen LogP contribution in [0.5, 0.6) is 5.75 Å². The van der Waals surface area contributed by atoms with E-state index in [1.54, 1.807) is 0 Å². The molecule has 2 amide bonds. The van der Waals surface area contributed by atoms with Gasteiger partial charge in [0.25, 0.3) is 0 Å². The summed E-state index contributed by atoms with van der Waals surface area (Å²) in [6.07, 6.45) is 1.11. The zero-order chi connectivity index (χ0) is 15.9. The van der Waals surface area contributed by atoms with E-state index in [4.69, 9.17) is 16.3 Å². The van der Waals surface area contributed by atoms with E-state index in [0.717, 1.165) is 50.5 Å². The summed E-state index contributed by atoms with van der Waals surface area (Å²) in [5, 5.41) is 6.75. The van der Waals surface area contributed by atoms with Crippen LogP contribution in [0.2, 0.25) is 5.02 Å². The van der Waals surface area contributed by atoms with E-state index in [-0.39, 0.29) is 12.1 Å². The van der Waals surface area contributed by atoms with Crippen molar-refractivity contribution < 1.29 is 9.53 Å². The van der Waals surface area contributed by atoms with Crippen LogP contribution in [0.4, 0.5) is 4.79 Å². The first kappa shape index (κ1) is 16.9. The topological polar surface area (TPSA) is 53.6 Å². The molecule has 1 aromatic carbocycles. The van der Waals surface area contributed by atoms with E-state index < -0.39 is 0 Å². The van der Waals surface area contributed by atoms with E-state index in [9.17, 15) is 4.79 Å². The Balaban J connectivity index is 1.76. The summed E-state index contributed by atoms with van der Waals surface area (Å²) in [4.78, 5) is 13.2. The molecule has 0 radical (unpaired) electrons. The van der Waals surface area contributed by atoms with Crippen LogP contribution in [-0.2, 0) is 6.54 Å². The van der Waals surface area contributed by atoms with Gasteiger partial charge in [0, 0.05) is 32.7 Å². The number of carbonyl (C=O) groups excluding carboxylic acids is 1. The normalized spacial score (nSPS) is 15.8. The third kappa shape index (κ3) is 4.78. The van der Waals surface area contributed by atoms with Crippen molar-refractivity contribution in [2.45, 2.75) is 32.9 Å². The third-order valence-electron chi connectivity index (χ3n) is 3.73. The maximum Gasteiger partial charge on any atom is 0.317 e. The van der Waals surface area contributed by atoms with Gasteiger partial charge in [0.05, 0.1) is 11.1 Å². The maximum absolute atomic E-state index is 11.4. The Labute approximate surface area is 137 Å². The second-order valence-corrected chi connectivity index (χ2v) is 5.90. The predicted molar refractivity (Wildman–Crippen MR) is 88.5 cm³/mol. The standard InChI is InChI=1S/C16H24ClN3O2/c1-3-12(2)22-15-5-4-13(10-14(15)17)11-18-6-8-20-9-7-19-16(20)21/h4-5,10,12,18H,3,6-9,11H2,1-2H3,(H,19,21). The van der Waals surface area contributed by atoms with Crippen molar-refractivity contribution >= 4 is 17.6 Å². The summed E-state index contributed by atoms with van der Waals surface area (Å²) in [6, 6.07) is 5.88. The summed E-state index contributed by atoms with van der Waals surface area (Å²) in [5.74, 6) is 0.730. The van der Waals surface area contributed by atoms with Gasteiger partial charge in [-0.15, -0.1) is 0 Å². The van der Waals surface area contributed by atoms with E-state index in [1.807, 2.05) is 30.0 Å². The average molecular weight is 326 g/mol. The number of urea groups is 1. The first-order valence-electron chi connectivity index (χ1n) is 7.78. The molecular weight excluding hydrogens is 302 g/mol. The molecule has 2 rings (SSSR count). The highest BCUT2D eigenvalue weighted by Gasteiger charge is 2.18. The van der Waals surface area contributed by atoms with E-state index >= 15 is 0 Å². The number of nitrogens with zero attached hydrogens (tertiary/aromatic N) is 1. The van der Waals surface area contributed by atoms with Crippen LogP contribution >= 0.6 is 11.6 Å². The van der Waals surface area contributed by atoms with Crippen molar-refractivity contribution in [2.75, 3.05) is 26.2 Å². The fourth-order valence-electron chi connectivity index (χ4n) is 2.22. The molecule has 1 aliphatic rings. The van der Waals surface area contributed by atoms with Crippen molar-refractivity contribution in [2.24, 2.45) is 0 Å². The molecule has 5 nitrogen and oxygen atoms in total. The SMILES string of the molecule is CCC(C)Oc1ccc(CNCCN2CCNC2=O)cc1Cl. The van der Waals surface area contributed by atoms with Gasteiger partial charge in [-0.05, 0) is 31.0 Å². The molecule has 0 aromatic heterocycles. The first-order chi connectivity index (χ1) is 10.6. The molecule has 1 atom stereocenters. The second kappa shape index (κ2) is 8.25. The third-order valence-corrected chi connectivity index (χ3v) is 4.03. The lowest BCUT2D eigenvalue weighted by Gasteiger charge is -2.16. The minimum atomic E-state index is 0.0244. The Hall–Kier alpha value is -1.46. The van der Waals surface area contributed by atoms with Crippen LogP contribution in [0.1, 0.15) is 25.8 Å². The Bertz CT molecular complexity index is 510. The lowest BCUT2D eigenvalue weighted by Crippen LogP contribution is -2.34. The van der Waals surface area contributed by atoms with Gasteiger partial charge in [-0.1, -0.05) is 24.6 Å². The van der Waals surface area contributed by atoms with Gasteiger partial charge < -0.3 is 20.3 Å². The minimum absolute atomic E-state index is 0.0244. The van der Waals surface area contributed by atoms with Crippen molar-refractivity contribution in [3.8, 4) is 5.75 Å². The molecule has 1 unspecified atom stereocenters. The van der Waals surface area contributed by atoms with E-state index in [0.29, 0.717) is 5.02 Å². The highest BCUT2D eigenvalue weighted by molar-refractivity contribution is 6.32. The van der Waals surface area contributed by atoms with Gasteiger partial charge in [-0.3, -0.25) is 0 Å². The first-order valence-corrected chi connectivity index (χ1v) is 8.16. The fourth-order valence-corrected chi connectivity index (χ4v) is 2.47. The van der Waals surface area contributed by atoms with E-state index in [1.165, 1.54) is 0 Å². The van der Waals surface area contributed by atoms with Crippen LogP contribution in [0, 0.1) is 0 Å². The van der Waals surface area contributed by atoms with Crippen molar-refractivity contribution in [1.29, 1.82) is 0 Å².